The first kappa shape index (κ1) is 15.5. The van der Waals surface area contributed by atoms with E-state index in [4.69, 9.17) is 0 Å². The molecule has 1 heterocycles. The first-order chi connectivity index (χ1) is 9.85. The predicted molar refractivity (Wildman–Crippen MR) is 91.8 cm³/mol. The average Bonchev–Trinajstić information content (AvgIpc) is 2.87. The van der Waals surface area contributed by atoms with Gasteiger partial charge in [0.1, 0.15) is 0 Å². The molecule has 0 fully saturated rings. The van der Waals surface area contributed by atoms with Crippen molar-refractivity contribution in [3.8, 4) is 0 Å². The van der Waals surface area contributed by atoms with E-state index in [1.54, 1.807) is 0 Å². The predicted octanol–water partition coefficient (Wildman–Crippen LogP) is 5.39. The van der Waals surface area contributed by atoms with Crippen LogP contribution >= 0.6 is 11.3 Å². The van der Waals surface area contributed by atoms with Crippen LogP contribution in [0.5, 0.6) is 0 Å². The first-order valence-corrected chi connectivity index (χ1v) is 8.91. The number of hydrogen-bond donors (Lipinski definition) is 1. The Hall–Kier alpha value is -0.860. The second-order valence-corrected chi connectivity index (χ2v) is 6.48. The van der Waals surface area contributed by atoms with Gasteiger partial charge in [0.2, 0.25) is 0 Å². The highest BCUT2D eigenvalue weighted by atomic mass is 32.1. The zero-order chi connectivity index (χ0) is 14.2. The Morgan fingerprint density at radius 2 is 1.95 bits per heavy atom. The van der Waals surface area contributed by atoms with Crippen molar-refractivity contribution < 1.29 is 0 Å². The van der Waals surface area contributed by atoms with E-state index in [0.29, 0.717) is 6.04 Å². The molecule has 1 aromatic carbocycles. The van der Waals surface area contributed by atoms with Gasteiger partial charge < -0.3 is 5.32 Å². The number of benzene rings is 1. The van der Waals surface area contributed by atoms with Crippen molar-refractivity contribution in [1.29, 1.82) is 0 Å². The summed E-state index contributed by atoms with van der Waals surface area (Å²) in [5.74, 6) is 0. The van der Waals surface area contributed by atoms with E-state index in [1.165, 1.54) is 54.2 Å². The number of fused-ring (bicyclic) bond motifs is 1. The van der Waals surface area contributed by atoms with E-state index in [9.17, 15) is 0 Å². The topological polar surface area (TPSA) is 12.0 Å². The van der Waals surface area contributed by atoms with Crippen LogP contribution in [-0.4, -0.2) is 12.6 Å². The van der Waals surface area contributed by atoms with Crippen LogP contribution in [0, 0.1) is 0 Å². The van der Waals surface area contributed by atoms with Crippen LogP contribution in [0.25, 0.3) is 10.1 Å². The van der Waals surface area contributed by atoms with Crippen LogP contribution in [-0.2, 0) is 6.42 Å². The standard InChI is InChI=1S/C18H27NS/c1-3-5-6-7-10-16(19-4-2)13-15-14-20-18-12-9-8-11-17(15)18/h8-9,11-12,14,16,19H,3-7,10,13H2,1-2H3. The lowest BCUT2D eigenvalue weighted by atomic mass is 9.99. The summed E-state index contributed by atoms with van der Waals surface area (Å²) >= 11 is 1.88. The molecular formula is C18H27NS. The summed E-state index contributed by atoms with van der Waals surface area (Å²) in [4.78, 5) is 0. The quantitative estimate of drug-likeness (QED) is 0.610. The Morgan fingerprint density at radius 3 is 2.75 bits per heavy atom. The molecule has 0 saturated heterocycles. The molecule has 0 saturated carbocycles. The van der Waals surface area contributed by atoms with Crippen molar-refractivity contribution in [3.05, 3.63) is 35.2 Å². The molecule has 0 spiro atoms. The number of hydrogen-bond acceptors (Lipinski definition) is 2. The minimum Gasteiger partial charge on any atom is -0.314 e. The molecule has 1 aromatic heterocycles. The number of thiophene rings is 1. The van der Waals surface area contributed by atoms with Gasteiger partial charge in [-0.15, -0.1) is 11.3 Å². The van der Waals surface area contributed by atoms with Gasteiger partial charge in [-0.1, -0.05) is 57.7 Å². The third-order valence-corrected chi connectivity index (χ3v) is 4.94. The molecular weight excluding hydrogens is 262 g/mol. The molecule has 1 unspecified atom stereocenters. The summed E-state index contributed by atoms with van der Waals surface area (Å²) in [7, 11) is 0. The van der Waals surface area contributed by atoms with Crippen molar-refractivity contribution in [3.63, 3.8) is 0 Å². The molecule has 0 amide bonds. The maximum atomic E-state index is 3.67. The Bertz CT molecular complexity index is 503. The molecule has 2 heteroatoms. The Labute approximate surface area is 127 Å². The second kappa shape index (κ2) is 8.43. The average molecular weight is 289 g/mol. The first-order valence-electron chi connectivity index (χ1n) is 8.03. The minimum absolute atomic E-state index is 0.634. The van der Waals surface area contributed by atoms with Crippen molar-refractivity contribution in [2.75, 3.05) is 6.54 Å². The van der Waals surface area contributed by atoms with Crippen molar-refractivity contribution >= 4 is 21.4 Å². The highest BCUT2D eigenvalue weighted by molar-refractivity contribution is 7.17. The fraction of sp³-hybridized carbons (Fsp3) is 0.556. The van der Waals surface area contributed by atoms with Gasteiger partial charge >= 0.3 is 0 Å². The Kier molecular flexibility index (Phi) is 6.55. The van der Waals surface area contributed by atoms with Gasteiger partial charge in [-0.2, -0.15) is 0 Å². The lowest BCUT2D eigenvalue weighted by molar-refractivity contribution is 0.464. The zero-order valence-electron chi connectivity index (χ0n) is 12.8. The van der Waals surface area contributed by atoms with Gasteiger partial charge in [-0.3, -0.25) is 0 Å². The monoisotopic (exact) mass is 289 g/mol. The van der Waals surface area contributed by atoms with Crippen LogP contribution in [0.2, 0.25) is 0 Å². The number of likely N-dealkylation sites (N-methyl/N-ethyl adjacent to an activating group) is 1. The van der Waals surface area contributed by atoms with E-state index in [1.807, 2.05) is 11.3 Å². The van der Waals surface area contributed by atoms with Gasteiger partial charge in [0.05, 0.1) is 0 Å². The molecule has 2 rings (SSSR count). The summed E-state index contributed by atoms with van der Waals surface area (Å²) in [6.45, 7) is 5.56. The lowest BCUT2D eigenvalue weighted by Gasteiger charge is -2.17. The molecule has 1 nitrogen and oxygen atoms in total. The van der Waals surface area contributed by atoms with Gasteiger partial charge in [-0.05, 0) is 41.8 Å². The van der Waals surface area contributed by atoms with Crippen LogP contribution in [0.3, 0.4) is 0 Å². The van der Waals surface area contributed by atoms with Crippen molar-refractivity contribution in [2.45, 2.75) is 58.4 Å². The van der Waals surface area contributed by atoms with Crippen molar-refractivity contribution in [2.24, 2.45) is 0 Å². The third-order valence-electron chi connectivity index (χ3n) is 3.93. The number of nitrogens with one attached hydrogen (secondary N) is 1. The largest absolute Gasteiger partial charge is 0.314 e. The second-order valence-electron chi connectivity index (χ2n) is 5.57. The van der Waals surface area contributed by atoms with Gasteiger partial charge in [0.15, 0.2) is 0 Å². The molecule has 110 valence electrons. The fourth-order valence-electron chi connectivity index (χ4n) is 2.84. The molecule has 0 bridgehead atoms. The van der Waals surface area contributed by atoms with E-state index in [-0.39, 0.29) is 0 Å². The molecule has 0 radical (unpaired) electrons. The molecule has 1 atom stereocenters. The van der Waals surface area contributed by atoms with E-state index >= 15 is 0 Å². The number of unbranched alkanes of at least 4 members (excludes halogenated alkanes) is 3. The summed E-state index contributed by atoms with van der Waals surface area (Å²) < 4.78 is 1.42. The van der Waals surface area contributed by atoms with Gasteiger partial charge in [-0.25, -0.2) is 0 Å². The van der Waals surface area contributed by atoms with E-state index in [2.05, 4.69) is 48.8 Å². The van der Waals surface area contributed by atoms with Crippen LogP contribution in [0.15, 0.2) is 29.6 Å². The smallest absolute Gasteiger partial charge is 0.0345 e. The number of rotatable bonds is 9. The summed E-state index contributed by atoms with van der Waals surface area (Å²) in [6, 6.07) is 9.42. The van der Waals surface area contributed by atoms with Crippen LogP contribution in [0.4, 0.5) is 0 Å². The van der Waals surface area contributed by atoms with E-state index < -0.39 is 0 Å². The maximum Gasteiger partial charge on any atom is 0.0345 e. The van der Waals surface area contributed by atoms with Crippen LogP contribution in [0.1, 0.15) is 51.5 Å². The summed E-state index contributed by atoms with van der Waals surface area (Å²) in [6.07, 6.45) is 7.90. The molecule has 2 aromatic rings. The summed E-state index contributed by atoms with van der Waals surface area (Å²) in [5.41, 5.74) is 1.52. The normalized spacial score (nSPS) is 12.9. The third kappa shape index (κ3) is 4.32. The molecule has 0 aliphatic heterocycles. The molecule has 0 aliphatic carbocycles. The summed E-state index contributed by atoms with van der Waals surface area (Å²) in [5, 5.41) is 7.47. The zero-order valence-corrected chi connectivity index (χ0v) is 13.6. The van der Waals surface area contributed by atoms with Crippen molar-refractivity contribution in [1.82, 2.24) is 5.32 Å². The maximum absolute atomic E-state index is 3.67. The molecule has 20 heavy (non-hydrogen) atoms. The van der Waals surface area contributed by atoms with Gasteiger partial charge in [0.25, 0.3) is 0 Å². The molecule has 0 aliphatic rings. The van der Waals surface area contributed by atoms with Gasteiger partial charge in [0, 0.05) is 10.7 Å². The molecule has 1 N–H and O–H groups in total. The van der Waals surface area contributed by atoms with Crippen LogP contribution < -0.4 is 5.32 Å². The highest BCUT2D eigenvalue weighted by Gasteiger charge is 2.11. The fourth-order valence-corrected chi connectivity index (χ4v) is 3.81. The Morgan fingerprint density at radius 1 is 1.10 bits per heavy atom. The lowest BCUT2D eigenvalue weighted by Crippen LogP contribution is -2.30. The highest BCUT2D eigenvalue weighted by Crippen LogP contribution is 2.27. The van der Waals surface area contributed by atoms with E-state index in [0.717, 1.165) is 6.54 Å². The SMILES string of the molecule is CCCCCCC(Cc1csc2ccccc12)NCC. The minimum atomic E-state index is 0.634. The Balaban J connectivity index is 1.96.